The molecule has 1 aliphatic rings. The van der Waals surface area contributed by atoms with Crippen LogP contribution in [0.15, 0.2) is 54.6 Å². The second-order valence-electron chi connectivity index (χ2n) is 8.56. The van der Waals surface area contributed by atoms with Crippen molar-refractivity contribution < 1.29 is 5.11 Å². The maximum absolute atomic E-state index is 11.0. The highest BCUT2D eigenvalue weighted by Crippen LogP contribution is 2.45. The van der Waals surface area contributed by atoms with Crippen molar-refractivity contribution >= 4 is 21.8 Å². The van der Waals surface area contributed by atoms with Crippen LogP contribution >= 0.6 is 0 Å². The summed E-state index contributed by atoms with van der Waals surface area (Å²) in [5.41, 5.74) is 6.63. The molecule has 1 unspecified atom stereocenters. The van der Waals surface area contributed by atoms with Crippen LogP contribution in [-0.4, -0.2) is 15.1 Å². The number of benzene rings is 2. The molecule has 0 spiro atoms. The molecule has 27 heavy (non-hydrogen) atoms. The lowest BCUT2D eigenvalue weighted by atomic mass is 9.74. The minimum Gasteiger partial charge on any atom is -0.388 e. The van der Waals surface area contributed by atoms with Crippen molar-refractivity contribution in [3.63, 3.8) is 0 Å². The average Bonchev–Trinajstić information content (AvgIpc) is 3.01. The van der Waals surface area contributed by atoms with Crippen molar-refractivity contribution in [2.75, 3.05) is 0 Å². The number of fused-ring (bicyclic) bond motifs is 5. The maximum Gasteiger partial charge on any atom is 0.0819 e. The number of pyridine rings is 1. The maximum atomic E-state index is 11.0. The first-order chi connectivity index (χ1) is 13.0. The van der Waals surface area contributed by atoms with Crippen LogP contribution in [0.5, 0.6) is 0 Å². The third kappa shape index (κ3) is 2.74. The van der Waals surface area contributed by atoms with Crippen LogP contribution in [0.4, 0.5) is 0 Å². The minimum atomic E-state index is -0.469. The molecular weight excluding hydrogens is 332 g/mol. The third-order valence-corrected chi connectivity index (χ3v) is 5.78. The van der Waals surface area contributed by atoms with Crippen LogP contribution in [-0.2, 0) is 12.8 Å². The van der Waals surface area contributed by atoms with E-state index >= 15 is 0 Å². The highest BCUT2D eigenvalue weighted by atomic mass is 16.3. The lowest BCUT2D eigenvalue weighted by Gasteiger charge is -2.34. The Morgan fingerprint density at radius 2 is 1.81 bits per heavy atom. The molecule has 0 fully saturated rings. The van der Waals surface area contributed by atoms with Gasteiger partial charge in [0.15, 0.2) is 0 Å². The molecule has 2 aromatic carbocycles. The molecule has 3 heteroatoms. The summed E-state index contributed by atoms with van der Waals surface area (Å²) >= 11 is 0. The van der Waals surface area contributed by atoms with E-state index in [0.29, 0.717) is 0 Å². The second-order valence-corrected chi connectivity index (χ2v) is 8.56. The second kappa shape index (κ2) is 5.93. The summed E-state index contributed by atoms with van der Waals surface area (Å²) in [5, 5.41) is 13.3. The number of hydrogen-bond acceptors (Lipinski definition) is 2. The molecule has 2 N–H and O–H groups in total. The van der Waals surface area contributed by atoms with Gasteiger partial charge in [0.1, 0.15) is 0 Å². The van der Waals surface area contributed by atoms with Gasteiger partial charge >= 0.3 is 0 Å². The van der Waals surface area contributed by atoms with E-state index < -0.39 is 6.10 Å². The first-order valence-electron chi connectivity index (χ1n) is 9.66. The fourth-order valence-electron chi connectivity index (χ4n) is 4.62. The van der Waals surface area contributed by atoms with E-state index in [-0.39, 0.29) is 5.41 Å². The molecule has 136 valence electrons. The van der Waals surface area contributed by atoms with E-state index in [1.54, 1.807) is 0 Å². The quantitative estimate of drug-likeness (QED) is 0.511. The SMILES string of the molecule is CC1(C)Cc2nc(Cc3ccccc3)c3[nH]c4ccccc4c3c2C(O)C1. The van der Waals surface area contributed by atoms with Crippen molar-refractivity contribution in [3.8, 4) is 0 Å². The molecule has 4 aromatic rings. The summed E-state index contributed by atoms with van der Waals surface area (Å²) in [6.07, 6.45) is 1.99. The van der Waals surface area contributed by atoms with E-state index in [1.165, 1.54) is 10.9 Å². The fraction of sp³-hybridized carbons (Fsp3) is 0.292. The number of rotatable bonds is 2. The molecule has 0 amide bonds. The molecular formula is C24H24N2O. The van der Waals surface area contributed by atoms with Gasteiger partial charge in [-0.05, 0) is 29.9 Å². The zero-order chi connectivity index (χ0) is 18.6. The van der Waals surface area contributed by atoms with Crippen molar-refractivity contribution in [1.29, 1.82) is 0 Å². The summed E-state index contributed by atoms with van der Waals surface area (Å²) < 4.78 is 0. The van der Waals surface area contributed by atoms with E-state index in [4.69, 9.17) is 4.98 Å². The van der Waals surface area contributed by atoms with Crippen LogP contribution in [0.25, 0.3) is 21.8 Å². The van der Waals surface area contributed by atoms with Crippen molar-refractivity contribution in [2.24, 2.45) is 5.41 Å². The number of aliphatic hydroxyl groups is 1. The van der Waals surface area contributed by atoms with E-state index in [9.17, 15) is 5.11 Å². The third-order valence-electron chi connectivity index (χ3n) is 5.78. The molecule has 0 saturated heterocycles. The lowest BCUT2D eigenvalue weighted by Crippen LogP contribution is -2.27. The summed E-state index contributed by atoms with van der Waals surface area (Å²) in [6, 6.07) is 18.9. The van der Waals surface area contributed by atoms with Gasteiger partial charge in [-0.15, -0.1) is 0 Å². The molecule has 1 aliphatic carbocycles. The molecule has 2 heterocycles. The Labute approximate surface area is 159 Å². The van der Waals surface area contributed by atoms with Crippen LogP contribution in [0.3, 0.4) is 0 Å². The Morgan fingerprint density at radius 1 is 1.07 bits per heavy atom. The number of aliphatic hydroxyl groups excluding tert-OH is 1. The van der Waals surface area contributed by atoms with Gasteiger partial charge in [-0.1, -0.05) is 62.4 Å². The van der Waals surface area contributed by atoms with Gasteiger partial charge in [-0.2, -0.15) is 0 Å². The van der Waals surface area contributed by atoms with Gasteiger partial charge in [-0.25, -0.2) is 0 Å². The number of H-pyrrole nitrogens is 1. The van der Waals surface area contributed by atoms with E-state index in [0.717, 1.165) is 52.6 Å². The highest BCUT2D eigenvalue weighted by Gasteiger charge is 2.35. The van der Waals surface area contributed by atoms with Crippen LogP contribution < -0.4 is 0 Å². The predicted molar refractivity (Wildman–Crippen MR) is 110 cm³/mol. The standard InChI is InChI=1S/C24H24N2O/c1-24(2)13-19-22(20(27)14-24)21-16-10-6-7-11-17(16)26-23(21)18(25-19)12-15-8-4-3-5-9-15/h3-11,20,26-27H,12-14H2,1-2H3. The Kier molecular flexibility index (Phi) is 3.63. The molecule has 0 aliphatic heterocycles. The summed E-state index contributed by atoms with van der Waals surface area (Å²) in [4.78, 5) is 8.67. The molecule has 3 nitrogen and oxygen atoms in total. The predicted octanol–water partition coefficient (Wildman–Crippen LogP) is 5.31. The Hall–Kier alpha value is -2.65. The number of nitrogens with zero attached hydrogens (tertiary/aromatic N) is 1. The smallest absolute Gasteiger partial charge is 0.0819 e. The topological polar surface area (TPSA) is 48.9 Å². The van der Waals surface area contributed by atoms with Gasteiger partial charge in [0, 0.05) is 34.0 Å². The van der Waals surface area contributed by atoms with Gasteiger partial charge in [0.25, 0.3) is 0 Å². The van der Waals surface area contributed by atoms with E-state index in [1.807, 2.05) is 12.1 Å². The first kappa shape index (κ1) is 16.5. The Bertz CT molecular complexity index is 1140. The largest absolute Gasteiger partial charge is 0.388 e. The molecule has 0 saturated carbocycles. The Balaban J connectivity index is 1.82. The van der Waals surface area contributed by atoms with E-state index in [2.05, 4.69) is 61.3 Å². The van der Waals surface area contributed by atoms with Gasteiger partial charge < -0.3 is 10.1 Å². The fourth-order valence-corrected chi connectivity index (χ4v) is 4.62. The van der Waals surface area contributed by atoms with Crippen molar-refractivity contribution in [3.05, 3.63) is 77.1 Å². The monoisotopic (exact) mass is 356 g/mol. The number of hydrogen-bond donors (Lipinski definition) is 2. The Morgan fingerprint density at radius 3 is 2.63 bits per heavy atom. The van der Waals surface area contributed by atoms with Crippen molar-refractivity contribution in [2.45, 2.75) is 39.2 Å². The first-order valence-corrected chi connectivity index (χ1v) is 9.66. The zero-order valence-corrected chi connectivity index (χ0v) is 15.8. The molecule has 0 bridgehead atoms. The summed E-state index contributed by atoms with van der Waals surface area (Å²) in [5.74, 6) is 0. The average molecular weight is 356 g/mol. The van der Waals surface area contributed by atoms with Gasteiger partial charge in [0.2, 0.25) is 0 Å². The molecule has 0 radical (unpaired) electrons. The highest BCUT2D eigenvalue weighted by molar-refractivity contribution is 6.10. The lowest BCUT2D eigenvalue weighted by molar-refractivity contribution is 0.0997. The van der Waals surface area contributed by atoms with Gasteiger partial charge in [0.05, 0.1) is 17.3 Å². The van der Waals surface area contributed by atoms with Crippen LogP contribution in [0.1, 0.15) is 48.9 Å². The number of para-hydroxylation sites is 1. The number of nitrogens with one attached hydrogen (secondary N) is 1. The van der Waals surface area contributed by atoms with Crippen molar-refractivity contribution in [1.82, 2.24) is 9.97 Å². The van der Waals surface area contributed by atoms with Crippen LogP contribution in [0.2, 0.25) is 0 Å². The zero-order valence-electron chi connectivity index (χ0n) is 15.8. The molecule has 1 atom stereocenters. The van der Waals surface area contributed by atoms with Gasteiger partial charge in [-0.3, -0.25) is 4.98 Å². The summed E-state index contributed by atoms with van der Waals surface area (Å²) in [6.45, 7) is 4.44. The molecule has 2 aromatic heterocycles. The normalized spacial score (nSPS) is 18.7. The minimum absolute atomic E-state index is 0.0588. The number of aromatic nitrogens is 2. The number of aromatic amines is 1. The van der Waals surface area contributed by atoms with Crippen LogP contribution in [0, 0.1) is 5.41 Å². The summed E-state index contributed by atoms with van der Waals surface area (Å²) in [7, 11) is 0. The molecule has 5 rings (SSSR count).